The summed E-state index contributed by atoms with van der Waals surface area (Å²) >= 11 is 3.28. The maximum Gasteiger partial charge on any atom is 0.323 e. The Kier molecular flexibility index (Phi) is 6.02. The molecule has 0 fully saturated rings. The van der Waals surface area contributed by atoms with Gasteiger partial charge >= 0.3 is 6.03 Å². The summed E-state index contributed by atoms with van der Waals surface area (Å²) in [7, 11) is 0. The van der Waals surface area contributed by atoms with Crippen molar-refractivity contribution in [1.29, 1.82) is 0 Å². The molecule has 2 aromatic rings. The summed E-state index contributed by atoms with van der Waals surface area (Å²) in [5.74, 6) is 1.67. The fraction of sp³-hybridized carbons (Fsp3) is 0.200. The Morgan fingerprint density at radius 1 is 1.18 bits per heavy atom. The highest BCUT2D eigenvalue weighted by atomic mass is 79.9. The second-order valence-corrected chi connectivity index (χ2v) is 5.08. The number of anilines is 1. The summed E-state index contributed by atoms with van der Waals surface area (Å²) in [5, 5.41) is 5.19. The van der Waals surface area contributed by atoms with Crippen LogP contribution in [0.15, 0.2) is 47.1 Å². The van der Waals surface area contributed by atoms with Crippen LogP contribution in [0.25, 0.3) is 0 Å². The molecule has 1 aromatic carbocycles. The third-order valence-corrected chi connectivity index (χ3v) is 3.05. The second-order valence-electron chi connectivity index (χ2n) is 4.16. The molecular formula is C15H16BrN3O3. The minimum atomic E-state index is -0.399. The average molecular weight is 366 g/mol. The lowest BCUT2D eigenvalue weighted by molar-refractivity contribution is 0.229. The topological polar surface area (TPSA) is 72.5 Å². The first-order chi connectivity index (χ1) is 10.7. The minimum absolute atomic E-state index is 0.0203. The summed E-state index contributed by atoms with van der Waals surface area (Å²) in [6.07, 6.45) is 1.60. The van der Waals surface area contributed by atoms with Gasteiger partial charge in [-0.1, -0.05) is 12.1 Å². The van der Waals surface area contributed by atoms with Crippen LogP contribution in [0.4, 0.5) is 10.6 Å². The Labute approximate surface area is 137 Å². The normalized spacial score (nSPS) is 9.91. The molecule has 2 amide bonds. The monoisotopic (exact) mass is 365 g/mol. The first-order valence-corrected chi connectivity index (χ1v) is 7.49. The van der Waals surface area contributed by atoms with Gasteiger partial charge in [-0.15, -0.1) is 0 Å². The molecule has 116 valence electrons. The lowest BCUT2D eigenvalue weighted by Crippen LogP contribution is -2.32. The fourth-order valence-corrected chi connectivity index (χ4v) is 1.87. The number of rotatable bonds is 6. The number of urea groups is 1. The highest BCUT2D eigenvalue weighted by Crippen LogP contribution is 2.25. The zero-order valence-electron chi connectivity index (χ0n) is 12.0. The maximum atomic E-state index is 11.7. The summed E-state index contributed by atoms with van der Waals surface area (Å²) in [4.78, 5) is 15.8. The second kappa shape index (κ2) is 8.23. The summed E-state index contributed by atoms with van der Waals surface area (Å²) in [6.45, 7) is 2.46. The van der Waals surface area contributed by atoms with Crippen LogP contribution >= 0.6 is 15.9 Å². The Bertz CT molecular complexity index is 620. The number of nitrogens with zero attached hydrogens (tertiary/aromatic N) is 1. The van der Waals surface area contributed by atoms with Crippen molar-refractivity contribution in [3.63, 3.8) is 0 Å². The molecule has 0 spiro atoms. The number of carbonyl (C=O) groups is 1. The zero-order valence-corrected chi connectivity index (χ0v) is 13.6. The van der Waals surface area contributed by atoms with E-state index in [1.165, 1.54) is 0 Å². The van der Waals surface area contributed by atoms with Gasteiger partial charge in [0.25, 0.3) is 0 Å². The lowest BCUT2D eigenvalue weighted by atomic mass is 10.3. The highest BCUT2D eigenvalue weighted by molar-refractivity contribution is 9.10. The first-order valence-electron chi connectivity index (χ1n) is 6.70. The molecule has 0 aliphatic heterocycles. The van der Waals surface area contributed by atoms with Crippen LogP contribution < -0.4 is 20.1 Å². The van der Waals surface area contributed by atoms with Crippen LogP contribution in [0.2, 0.25) is 0 Å². The molecule has 0 aliphatic rings. The SMILES string of the molecule is CCOc1ccccc1OCNC(=O)Nc1ccc(Br)cn1. The molecule has 2 rings (SSSR count). The standard InChI is InChI=1S/C15H16BrN3O3/c1-2-21-12-5-3-4-6-13(12)22-10-18-15(20)19-14-8-7-11(16)9-17-14/h3-9H,2,10H2,1H3,(H2,17,18,19,20). The van der Waals surface area contributed by atoms with E-state index in [2.05, 4.69) is 31.5 Å². The number of amides is 2. The fourth-order valence-electron chi connectivity index (χ4n) is 1.63. The third kappa shape index (κ3) is 4.92. The number of halogens is 1. The van der Waals surface area contributed by atoms with Crippen LogP contribution in [0.5, 0.6) is 11.5 Å². The summed E-state index contributed by atoms with van der Waals surface area (Å²) in [5.41, 5.74) is 0. The largest absolute Gasteiger partial charge is 0.490 e. The van der Waals surface area contributed by atoms with Gasteiger partial charge in [0, 0.05) is 10.7 Å². The number of hydrogen-bond acceptors (Lipinski definition) is 4. The number of ether oxygens (including phenoxy) is 2. The minimum Gasteiger partial charge on any atom is -0.490 e. The van der Waals surface area contributed by atoms with E-state index >= 15 is 0 Å². The Morgan fingerprint density at radius 2 is 1.91 bits per heavy atom. The number of aromatic nitrogens is 1. The van der Waals surface area contributed by atoms with Crippen molar-refractivity contribution in [3.8, 4) is 11.5 Å². The van der Waals surface area contributed by atoms with Gasteiger partial charge in [0.1, 0.15) is 5.82 Å². The molecule has 2 N–H and O–H groups in total. The smallest absolute Gasteiger partial charge is 0.323 e. The number of benzene rings is 1. The molecule has 1 aromatic heterocycles. The summed E-state index contributed by atoms with van der Waals surface area (Å²) < 4.78 is 11.8. The molecule has 0 saturated heterocycles. The molecule has 0 saturated carbocycles. The van der Waals surface area contributed by atoms with E-state index in [-0.39, 0.29) is 6.73 Å². The molecule has 6 nitrogen and oxygen atoms in total. The predicted molar refractivity (Wildman–Crippen MR) is 87.2 cm³/mol. The number of carbonyl (C=O) groups excluding carboxylic acids is 1. The van der Waals surface area contributed by atoms with Gasteiger partial charge in [-0.3, -0.25) is 5.32 Å². The Morgan fingerprint density at radius 3 is 2.55 bits per heavy atom. The number of pyridine rings is 1. The summed E-state index contributed by atoms with van der Waals surface area (Å²) in [6, 6.07) is 10.4. The van der Waals surface area contributed by atoms with Gasteiger partial charge < -0.3 is 14.8 Å². The molecule has 1 heterocycles. The van der Waals surface area contributed by atoms with E-state index < -0.39 is 6.03 Å². The molecular weight excluding hydrogens is 350 g/mol. The number of para-hydroxylation sites is 2. The van der Waals surface area contributed by atoms with Crippen molar-refractivity contribution in [3.05, 3.63) is 47.1 Å². The van der Waals surface area contributed by atoms with Gasteiger partial charge in [0.05, 0.1) is 6.61 Å². The van der Waals surface area contributed by atoms with Crippen LogP contribution in [0.1, 0.15) is 6.92 Å². The van der Waals surface area contributed by atoms with Crippen molar-refractivity contribution in [1.82, 2.24) is 10.3 Å². The van der Waals surface area contributed by atoms with Crippen molar-refractivity contribution < 1.29 is 14.3 Å². The average Bonchev–Trinajstić information content (AvgIpc) is 2.51. The Balaban J connectivity index is 1.81. The first kappa shape index (κ1) is 16.1. The van der Waals surface area contributed by atoms with E-state index in [1.54, 1.807) is 24.4 Å². The van der Waals surface area contributed by atoms with Crippen LogP contribution in [-0.2, 0) is 0 Å². The molecule has 0 unspecified atom stereocenters. The van der Waals surface area contributed by atoms with Crippen molar-refractivity contribution in [2.75, 3.05) is 18.7 Å². The number of nitrogens with one attached hydrogen (secondary N) is 2. The maximum absolute atomic E-state index is 11.7. The van der Waals surface area contributed by atoms with Gasteiger partial charge in [-0.25, -0.2) is 9.78 Å². The molecule has 7 heteroatoms. The van der Waals surface area contributed by atoms with Crippen LogP contribution in [0, 0.1) is 0 Å². The molecule has 0 bridgehead atoms. The van der Waals surface area contributed by atoms with Crippen molar-refractivity contribution in [2.45, 2.75) is 6.92 Å². The highest BCUT2D eigenvalue weighted by Gasteiger charge is 2.05. The van der Waals surface area contributed by atoms with Crippen molar-refractivity contribution in [2.24, 2.45) is 0 Å². The quantitative estimate of drug-likeness (QED) is 0.769. The van der Waals surface area contributed by atoms with Gasteiger partial charge in [0.2, 0.25) is 0 Å². The van der Waals surface area contributed by atoms with E-state index in [0.29, 0.717) is 23.9 Å². The van der Waals surface area contributed by atoms with Gasteiger partial charge in [-0.05, 0) is 47.1 Å². The lowest BCUT2D eigenvalue weighted by Gasteiger charge is -2.12. The number of hydrogen-bond donors (Lipinski definition) is 2. The van der Waals surface area contributed by atoms with E-state index in [9.17, 15) is 4.79 Å². The Hall–Kier alpha value is -2.28. The molecule has 22 heavy (non-hydrogen) atoms. The zero-order chi connectivity index (χ0) is 15.8. The van der Waals surface area contributed by atoms with E-state index in [1.807, 2.05) is 25.1 Å². The van der Waals surface area contributed by atoms with Crippen molar-refractivity contribution >= 4 is 27.8 Å². The van der Waals surface area contributed by atoms with E-state index in [4.69, 9.17) is 9.47 Å². The van der Waals surface area contributed by atoms with Crippen LogP contribution in [-0.4, -0.2) is 24.4 Å². The van der Waals surface area contributed by atoms with Gasteiger partial charge in [0.15, 0.2) is 18.2 Å². The third-order valence-electron chi connectivity index (χ3n) is 2.58. The predicted octanol–water partition coefficient (Wildman–Crippen LogP) is 3.40. The molecule has 0 radical (unpaired) electrons. The molecule has 0 aliphatic carbocycles. The van der Waals surface area contributed by atoms with Crippen LogP contribution in [0.3, 0.4) is 0 Å². The molecule has 0 atom stereocenters. The van der Waals surface area contributed by atoms with Gasteiger partial charge in [-0.2, -0.15) is 0 Å². The van der Waals surface area contributed by atoms with E-state index in [0.717, 1.165) is 4.47 Å².